The summed E-state index contributed by atoms with van der Waals surface area (Å²) in [6, 6.07) is 20.7. The molecular weight excluding hydrogens is 745 g/mol. The zero-order chi connectivity index (χ0) is 41.5. The second kappa shape index (κ2) is 25.3. The quantitative estimate of drug-likeness (QED) is 0.0458. The number of carboxylic acids is 1. The van der Waals surface area contributed by atoms with Crippen molar-refractivity contribution in [2.45, 2.75) is 64.6 Å². The van der Waals surface area contributed by atoms with Crippen LogP contribution in [0.5, 0.6) is 5.75 Å². The Kier molecular flexibility index (Phi) is 19.9. The highest BCUT2D eigenvalue weighted by Gasteiger charge is 2.29. The number of carbonyl (C=O) groups excluding carboxylic acids is 2. The van der Waals surface area contributed by atoms with Crippen LogP contribution in [0.4, 0.5) is 5.82 Å². The summed E-state index contributed by atoms with van der Waals surface area (Å²) < 4.78 is 28.2. The number of ether oxygens (including phenoxy) is 5. The molecule has 3 atom stereocenters. The molecule has 4 rings (SSSR count). The number of carbonyl (C=O) groups is 3. The maximum absolute atomic E-state index is 13.4. The van der Waals surface area contributed by atoms with Crippen LogP contribution in [-0.4, -0.2) is 111 Å². The first kappa shape index (κ1) is 45.6. The van der Waals surface area contributed by atoms with E-state index in [0.717, 1.165) is 46.2 Å². The number of aliphatic hydroxyl groups is 1. The van der Waals surface area contributed by atoms with Crippen LogP contribution in [0.3, 0.4) is 0 Å². The topological polar surface area (TPSA) is 187 Å². The van der Waals surface area contributed by atoms with Gasteiger partial charge in [-0.15, -0.1) is 0 Å². The molecule has 314 valence electrons. The zero-order valence-corrected chi connectivity index (χ0v) is 33.7. The van der Waals surface area contributed by atoms with E-state index in [9.17, 15) is 24.6 Å². The summed E-state index contributed by atoms with van der Waals surface area (Å²) >= 11 is 0. The van der Waals surface area contributed by atoms with Gasteiger partial charge in [-0.3, -0.25) is 14.4 Å². The first-order valence-electron chi connectivity index (χ1n) is 19.9. The molecule has 14 nitrogen and oxygen atoms in total. The number of nitrogens with one attached hydrogen (secondary N) is 3. The van der Waals surface area contributed by atoms with Crippen LogP contribution < -0.4 is 20.7 Å². The van der Waals surface area contributed by atoms with Crippen molar-refractivity contribution in [1.82, 2.24) is 15.6 Å². The SMILES string of the molecule is CCCOCCOCCOCCOCCOc1ccc(-c2ccc([C@H](CC(=O)O)NC(=O)[C@@H](NC(=O)CCCNc3cc(C)ccn3)[C@@H](C)O)cc2)c2ccccc12. The number of aryl methyl sites for hydroxylation is 1. The summed E-state index contributed by atoms with van der Waals surface area (Å²) in [5.74, 6) is -0.803. The summed E-state index contributed by atoms with van der Waals surface area (Å²) in [5.41, 5.74) is 3.44. The predicted molar refractivity (Wildman–Crippen MR) is 222 cm³/mol. The Labute approximate surface area is 340 Å². The third-order valence-electron chi connectivity index (χ3n) is 9.04. The van der Waals surface area contributed by atoms with Gasteiger partial charge in [0.1, 0.15) is 24.2 Å². The van der Waals surface area contributed by atoms with Crippen molar-refractivity contribution >= 4 is 34.4 Å². The molecule has 0 radical (unpaired) electrons. The average Bonchev–Trinajstić information content (AvgIpc) is 3.21. The van der Waals surface area contributed by atoms with Crippen molar-refractivity contribution in [2.75, 3.05) is 71.3 Å². The number of hydrogen-bond acceptors (Lipinski definition) is 11. The summed E-state index contributed by atoms with van der Waals surface area (Å²) in [5, 5.41) is 30.5. The molecule has 2 amide bonds. The fourth-order valence-corrected chi connectivity index (χ4v) is 6.10. The minimum absolute atomic E-state index is 0.106. The van der Waals surface area contributed by atoms with Crippen molar-refractivity contribution in [1.29, 1.82) is 0 Å². The summed E-state index contributed by atoms with van der Waals surface area (Å²) in [6.45, 7) is 10.5. The van der Waals surface area contributed by atoms with E-state index in [1.807, 2.05) is 67.6 Å². The van der Waals surface area contributed by atoms with Gasteiger partial charge >= 0.3 is 5.97 Å². The van der Waals surface area contributed by atoms with E-state index in [1.165, 1.54) is 6.92 Å². The van der Waals surface area contributed by atoms with Crippen LogP contribution in [0.25, 0.3) is 21.9 Å². The van der Waals surface area contributed by atoms with E-state index in [-0.39, 0.29) is 6.42 Å². The molecule has 4 aromatic rings. The highest BCUT2D eigenvalue weighted by molar-refractivity contribution is 6.00. The minimum atomic E-state index is -1.28. The predicted octanol–water partition coefficient (Wildman–Crippen LogP) is 5.46. The van der Waals surface area contributed by atoms with E-state index in [4.69, 9.17) is 23.7 Å². The molecule has 3 aromatic carbocycles. The van der Waals surface area contributed by atoms with Crippen LogP contribution in [0.15, 0.2) is 79.0 Å². The molecule has 0 saturated heterocycles. The molecule has 0 aliphatic heterocycles. The van der Waals surface area contributed by atoms with Crippen molar-refractivity contribution in [3.63, 3.8) is 0 Å². The van der Waals surface area contributed by atoms with E-state index in [2.05, 4.69) is 27.9 Å². The number of pyridine rings is 1. The lowest BCUT2D eigenvalue weighted by atomic mass is 9.95. The second-order valence-corrected chi connectivity index (χ2v) is 13.8. The van der Waals surface area contributed by atoms with Crippen LogP contribution in [-0.2, 0) is 33.3 Å². The van der Waals surface area contributed by atoms with E-state index in [1.54, 1.807) is 18.3 Å². The molecule has 0 aliphatic rings. The van der Waals surface area contributed by atoms with Crippen molar-refractivity contribution in [3.8, 4) is 16.9 Å². The Hall–Kier alpha value is -5.12. The summed E-state index contributed by atoms with van der Waals surface area (Å²) in [4.78, 5) is 42.2. The molecule has 0 bridgehead atoms. The van der Waals surface area contributed by atoms with Gasteiger partial charge in [0, 0.05) is 31.2 Å². The molecule has 0 aliphatic carbocycles. The number of carboxylic acid groups (broad SMARTS) is 1. The molecule has 0 unspecified atom stereocenters. The maximum atomic E-state index is 13.4. The number of benzene rings is 3. The monoisotopic (exact) mass is 802 g/mol. The van der Waals surface area contributed by atoms with Crippen molar-refractivity contribution in [2.24, 2.45) is 0 Å². The second-order valence-electron chi connectivity index (χ2n) is 13.8. The number of hydrogen-bond donors (Lipinski definition) is 5. The van der Waals surface area contributed by atoms with Gasteiger partial charge in [-0.25, -0.2) is 4.98 Å². The summed E-state index contributed by atoms with van der Waals surface area (Å²) in [7, 11) is 0. The van der Waals surface area contributed by atoms with E-state index >= 15 is 0 Å². The van der Waals surface area contributed by atoms with Crippen LogP contribution in [0.1, 0.15) is 56.7 Å². The normalized spacial score (nSPS) is 12.8. The molecule has 1 heterocycles. The standard InChI is InChI=1S/C44H58N4O10/c1-4-20-54-21-22-55-23-24-56-25-26-57-27-28-58-39-16-15-35(36-8-5-6-9-37(36)39)33-11-13-34(14-12-33)38(30-42(51)52)47-44(53)43(32(3)49)48-41(50)10-7-18-45-40-29-31(2)17-19-46-40/h5-6,8-9,11-17,19,29,32,38,43,49H,4,7,10,18,20-28,30H2,1-3H3,(H,45,46)(H,47,53)(H,48,50)(H,51,52)/t32-,38+,43+/m1/s1. The van der Waals surface area contributed by atoms with Gasteiger partial charge in [-0.1, -0.05) is 61.5 Å². The molecule has 0 spiro atoms. The van der Waals surface area contributed by atoms with Crippen molar-refractivity contribution < 1.29 is 48.3 Å². The van der Waals surface area contributed by atoms with Gasteiger partial charge in [-0.2, -0.15) is 0 Å². The Balaban J connectivity index is 1.28. The van der Waals surface area contributed by atoms with Gasteiger partial charge in [0.25, 0.3) is 0 Å². The fraction of sp³-hybridized carbons (Fsp3) is 0.455. The van der Waals surface area contributed by atoms with Crippen LogP contribution in [0, 0.1) is 6.92 Å². The van der Waals surface area contributed by atoms with Crippen molar-refractivity contribution in [3.05, 3.63) is 90.1 Å². The first-order chi connectivity index (χ1) is 28.2. The van der Waals surface area contributed by atoms with Gasteiger partial charge < -0.3 is 49.8 Å². The lowest BCUT2D eigenvalue weighted by Gasteiger charge is -2.25. The maximum Gasteiger partial charge on any atom is 0.305 e. The van der Waals surface area contributed by atoms with E-state index < -0.39 is 42.4 Å². The highest BCUT2D eigenvalue weighted by atomic mass is 16.6. The van der Waals surface area contributed by atoms with Gasteiger partial charge in [0.2, 0.25) is 11.8 Å². The Morgan fingerprint density at radius 2 is 1.41 bits per heavy atom. The van der Waals surface area contributed by atoms with Gasteiger partial charge in [0.15, 0.2) is 0 Å². The number of fused-ring (bicyclic) bond motifs is 1. The van der Waals surface area contributed by atoms with Crippen LogP contribution in [0.2, 0.25) is 0 Å². The molecule has 58 heavy (non-hydrogen) atoms. The number of amides is 2. The molecule has 1 aromatic heterocycles. The highest BCUT2D eigenvalue weighted by Crippen LogP contribution is 2.35. The Morgan fingerprint density at radius 1 is 0.776 bits per heavy atom. The molecular formula is C44H58N4O10. The van der Waals surface area contributed by atoms with Crippen LogP contribution >= 0.6 is 0 Å². The first-order valence-corrected chi connectivity index (χ1v) is 19.9. The van der Waals surface area contributed by atoms with E-state index in [0.29, 0.717) is 77.2 Å². The number of aromatic nitrogens is 1. The average molecular weight is 803 g/mol. The molecule has 14 heteroatoms. The smallest absolute Gasteiger partial charge is 0.305 e. The van der Waals surface area contributed by atoms with Gasteiger partial charge in [-0.05, 0) is 72.5 Å². The number of anilines is 1. The number of aliphatic hydroxyl groups excluding tert-OH is 1. The third kappa shape index (κ3) is 15.7. The number of nitrogens with zero attached hydrogens (tertiary/aromatic N) is 1. The molecule has 0 saturated carbocycles. The minimum Gasteiger partial charge on any atom is -0.491 e. The Morgan fingerprint density at radius 3 is 2.03 bits per heavy atom. The Bertz CT molecular complexity index is 1860. The number of rotatable bonds is 28. The fourth-order valence-electron chi connectivity index (χ4n) is 6.10. The zero-order valence-electron chi connectivity index (χ0n) is 33.7. The lowest BCUT2D eigenvalue weighted by Crippen LogP contribution is -2.53. The lowest BCUT2D eigenvalue weighted by molar-refractivity contribution is -0.138. The summed E-state index contributed by atoms with van der Waals surface area (Å²) in [6.07, 6.45) is 1.64. The molecule has 0 fully saturated rings. The largest absolute Gasteiger partial charge is 0.491 e. The van der Waals surface area contributed by atoms with Gasteiger partial charge in [0.05, 0.1) is 64.8 Å². The third-order valence-corrected chi connectivity index (χ3v) is 9.04. The number of aliphatic carboxylic acids is 1. The molecule has 5 N–H and O–H groups in total.